The molecule has 19 heavy (non-hydrogen) atoms. The van der Waals surface area contributed by atoms with Gasteiger partial charge in [-0.3, -0.25) is 0 Å². The zero-order valence-electron chi connectivity index (χ0n) is 11.6. The lowest BCUT2D eigenvalue weighted by molar-refractivity contribution is 0.151. The van der Waals surface area contributed by atoms with Crippen LogP contribution in [0.3, 0.4) is 0 Å². The highest BCUT2D eigenvalue weighted by atomic mass is 79.9. The Hall–Kier alpha value is -0.0500. The van der Waals surface area contributed by atoms with E-state index in [4.69, 9.17) is 11.6 Å². The van der Waals surface area contributed by atoms with E-state index in [0.29, 0.717) is 0 Å². The Morgan fingerprint density at radius 1 is 1.11 bits per heavy atom. The second-order valence-electron chi connectivity index (χ2n) is 5.11. The van der Waals surface area contributed by atoms with Gasteiger partial charge < -0.3 is 5.11 Å². The molecule has 1 nitrogen and oxygen atoms in total. The minimum Gasteiger partial charge on any atom is -0.393 e. The number of hydrogen-bond acceptors (Lipinski definition) is 1. The van der Waals surface area contributed by atoms with Gasteiger partial charge in [-0.05, 0) is 30.5 Å². The molecule has 1 rings (SSSR count). The SMILES string of the molecule is CCCCCCCC(O)CC(Br)c1ccc(Cl)cc1. The molecule has 0 fully saturated rings. The Balaban J connectivity index is 2.23. The van der Waals surface area contributed by atoms with Crippen molar-refractivity contribution in [1.29, 1.82) is 0 Å². The maximum atomic E-state index is 10.0. The number of rotatable bonds is 9. The normalized spacial score (nSPS) is 14.3. The lowest BCUT2D eigenvalue weighted by Gasteiger charge is -2.15. The average molecular weight is 348 g/mol. The lowest BCUT2D eigenvalue weighted by Crippen LogP contribution is -2.09. The van der Waals surface area contributed by atoms with E-state index >= 15 is 0 Å². The standard InChI is InChI=1S/C16H24BrClO/c1-2-3-4-5-6-7-15(19)12-16(17)13-8-10-14(18)11-9-13/h8-11,15-16,19H,2-7,12H2,1H3. The molecular weight excluding hydrogens is 324 g/mol. The number of halogens is 2. The van der Waals surface area contributed by atoms with E-state index in [-0.39, 0.29) is 10.9 Å². The van der Waals surface area contributed by atoms with Crippen LogP contribution in [-0.2, 0) is 0 Å². The Labute approximate surface area is 130 Å². The number of aliphatic hydroxyl groups is 1. The van der Waals surface area contributed by atoms with Crippen LogP contribution in [0.25, 0.3) is 0 Å². The first-order valence-electron chi connectivity index (χ1n) is 7.21. The summed E-state index contributed by atoms with van der Waals surface area (Å²) < 4.78 is 0. The van der Waals surface area contributed by atoms with Gasteiger partial charge in [0.1, 0.15) is 0 Å². The van der Waals surface area contributed by atoms with Gasteiger partial charge in [0, 0.05) is 9.85 Å². The van der Waals surface area contributed by atoms with Gasteiger partial charge in [0.05, 0.1) is 6.10 Å². The summed E-state index contributed by atoms with van der Waals surface area (Å²) >= 11 is 9.51. The molecule has 0 aliphatic rings. The molecule has 0 saturated carbocycles. The molecule has 0 aromatic heterocycles. The summed E-state index contributed by atoms with van der Waals surface area (Å²) in [5, 5.41) is 10.8. The summed E-state index contributed by atoms with van der Waals surface area (Å²) in [5.41, 5.74) is 1.18. The number of benzene rings is 1. The van der Waals surface area contributed by atoms with Crippen LogP contribution >= 0.6 is 27.5 Å². The highest BCUT2D eigenvalue weighted by molar-refractivity contribution is 9.09. The third-order valence-electron chi connectivity index (χ3n) is 3.35. The molecule has 3 heteroatoms. The Kier molecular flexibility index (Phi) is 8.76. The van der Waals surface area contributed by atoms with Gasteiger partial charge in [-0.2, -0.15) is 0 Å². The highest BCUT2D eigenvalue weighted by Crippen LogP contribution is 2.29. The molecule has 0 spiro atoms. The van der Waals surface area contributed by atoms with Crippen LogP contribution in [0.4, 0.5) is 0 Å². The monoisotopic (exact) mass is 346 g/mol. The predicted octanol–water partition coefficient (Wildman–Crippen LogP) is 5.89. The quantitative estimate of drug-likeness (QED) is 0.436. The van der Waals surface area contributed by atoms with Crippen LogP contribution in [0.15, 0.2) is 24.3 Å². The molecule has 0 heterocycles. The molecule has 1 N–H and O–H groups in total. The molecule has 2 atom stereocenters. The fraction of sp³-hybridized carbons (Fsp3) is 0.625. The molecule has 108 valence electrons. The summed E-state index contributed by atoms with van der Waals surface area (Å²) in [6.45, 7) is 2.22. The van der Waals surface area contributed by atoms with Gasteiger partial charge in [-0.25, -0.2) is 0 Å². The van der Waals surface area contributed by atoms with Gasteiger partial charge in [-0.15, -0.1) is 0 Å². The minimum atomic E-state index is -0.221. The maximum absolute atomic E-state index is 10.0. The molecule has 1 aromatic rings. The van der Waals surface area contributed by atoms with E-state index in [0.717, 1.165) is 24.3 Å². The minimum absolute atomic E-state index is 0.204. The number of aliphatic hydroxyl groups excluding tert-OH is 1. The average Bonchev–Trinajstić information content (AvgIpc) is 2.39. The summed E-state index contributed by atoms with van der Waals surface area (Å²) in [6, 6.07) is 7.80. The van der Waals surface area contributed by atoms with Gasteiger partial charge in [0.2, 0.25) is 0 Å². The molecule has 0 aliphatic carbocycles. The van der Waals surface area contributed by atoms with Crippen LogP contribution in [0.5, 0.6) is 0 Å². The van der Waals surface area contributed by atoms with Crippen molar-refractivity contribution in [3.63, 3.8) is 0 Å². The van der Waals surface area contributed by atoms with Gasteiger partial charge >= 0.3 is 0 Å². The second kappa shape index (κ2) is 9.79. The van der Waals surface area contributed by atoms with E-state index < -0.39 is 0 Å². The molecule has 2 unspecified atom stereocenters. The first-order chi connectivity index (χ1) is 9.13. The van der Waals surface area contributed by atoms with E-state index in [9.17, 15) is 5.11 Å². The molecule has 0 bridgehead atoms. The number of alkyl halides is 1. The maximum Gasteiger partial charge on any atom is 0.0554 e. The third-order valence-corrected chi connectivity index (χ3v) is 4.51. The zero-order chi connectivity index (χ0) is 14.1. The van der Waals surface area contributed by atoms with E-state index in [1.807, 2.05) is 24.3 Å². The van der Waals surface area contributed by atoms with Crippen molar-refractivity contribution in [2.45, 2.75) is 62.8 Å². The first-order valence-corrected chi connectivity index (χ1v) is 8.50. The van der Waals surface area contributed by atoms with E-state index in [1.165, 1.54) is 31.2 Å². The van der Waals surface area contributed by atoms with Gasteiger partial charge in [0.25, 0.3) is 0 Å². The fourth-order valence-corrected chi connectivity index (χ4v) is 3.01. The van der Waals surface area contributed by atoms with Crippen LogP contribution in [0, 0.1) is 0 Å². The number of unbranched alkanes of at least 4 members (excludes halogenated alkanes) is 4. The van der Waals surface area contributed by atoms with Crippen molar-refractivity contribution in [2.24, 2.45) is 0 Å². The topological polar surface area (TPSA) is 20.2 Å². The molecule has 0 saturated heterocycles. The van der Waals surface area contributed by atoms with Crippen molar-refractivity contribution in [3.8, 4) is 0 Å². The lowest BCUT2D eigenvalue weighted by atomic mass is 10.0. The van der Waals surface area contributed by atoms with Crippen molar-refractivity contribution >= 4 is 27.5 Å². The Morgan fingerprint density at radius 3 is 2.37 bits per heavy atom. The van der Waals surface area contributed by atoms with Crippen molar-refractivity contribution in [3.05, 3.63) is 34.9 Å². The van der Waals surface area contributed by atoms with Gasteiger partial charge in [-0.1, -0.05) is 78.7 Å². The summed E-state index contributed by atoms with van der Waals surface area (Å²) in [4.78, 5) is 0.204. The molecule has 0 amide bonds. The smallest absolute Gasteiger partial charge is 0.0554 e. The largest absolute Gasteiger partial charge is 0.393 e. The third kappa shape index (κ3) is 7.34. The molecule has 0 aliphatic heterocycles. The van der Waals surface area contributed by atoms with Crippen LogP contribution in [-0.4, -0.2) is 11.2 Å². The van der Waals surface area contributed by atoms with Crippen LogP contribution in [0.2, 0.25) is 5.02 Å². The van der Waals surface area contributed by atoms with Crippen LogP contribution in [0.1, 0.15) is 62.3 Å². The van der Waals surface area contributed by atoms with Crippen molar-refractivity contribution in [1.82, 2.24) is 0 Å². The Morgan fingerprint density at radius 2 is 1.74 bits per heavy atom. The second-order valence-corrected chi connectivity index (χ2v) is 6.65. The molecular formula is C16H24BrClO. The van der Waals surface area contributed by atoms with Crippen molar-refractivity contribution in [2.75, 3.05) is 0 Å². The Bertz CT molecular complexity index is 339. The van der Waals surface area contributed by atoms with E-state index in [2.05, 4.69) is 22.9 Å². The summed E-state index contributed by atoms with van der Waals surface area (Å²) in [6.07, 6.45) is 7.67. The summed E-state index contributed by atoms with van der Waals surface area (Å²) in [5.74, 6) is 0. The zero-order valence-corrected chi connectivity index (χ0v) is 14.0. The van der Waals surface area contributed by atoms with Crippen LogP contribution < -0.4 is 0 Å². The van der Waals surface area contributed by atoms with Gasteiger partial charge in [0.15, 0.2) is 0 Å². The fourth-order valence-electron chi connectivity index (χ4n) is 2.15. The predicted molar refractivity (Wildman–Crippen MR) is 87.1 cm³/mol. The molecule has 0 radical (unpaired) electrons. The summed E-state index contributed by atoms with van der Waals surface area (Å²) in [7, 11) is 0. The number of hydrogen-bond donors (Lipinski definition) is 1. The highest BCUT2D eigenvalue weighted by Gasteiger charge is 2.13. The molecule has 1 aromatic carbocycles. The van der Waals surface area contributed by atoms with Crippen molar-refractivity contribution < 1.29 is 5.11 Å². The van der Waals surface area contributed by atoms with E-state index in [1.54, 1.807) is 0 Å². The first kappa shape index (κ1) is 17.0.